The van der Waals surface area contributed by atoms with Crippen molar-refractivity contribution in [2.75, 3.05) is 13.2 Å². The molecule has 1 N–H and O–H groups in total. The van der Waals surface area contributed by atoms with Crippen molar-refractivity contribution < 1.29 is 9.53 Å². The number of hydrogen-bond acceptors (Lipinski definition) is 5. The zero-order chi connectivity index (χ0) is 12.4. The predicted molar refractivity (Wildman–Crippen MR) is 65.8 cm³/mol. The second-order valence-corrected chi connectivity index (χ2v) is 4.68. The number of fused-ring (bicyclic) bond motifs is 1. The predicted octanol–water partition coefficient (Wildman–Crippen LogP) is 0.883. The molecule has 1 aromatic heterocycles. The first-order chi connectivity index (χ1) is 8.17. The van der Waals surface area contributed by atoms with Crippen LogP contribution in [0.3, 0.4) is 0 Å². The van der Waals surface area contributed by atoms with E-state index in [1.165, 1.54) is 0 Å². The molecule has 1 aromatic rings. The zero-order valence-electron chi connectivity index (χ0n) is 10.0. The van der Waals surface area contributed by atoms with Gasteiger partial charge in [0.25, 0.3) is 5.82 Å². The van der Waals surface area contributed by atoms with E-state index in [1.807, 2.05) is 6.92 Å². The molecule has 0 fully saturated rings. The average Bonchev–Trinajstić information content (AvgIpc) is 2.82. The molecule has 7 heteroatoms. The quantitative estimate of drug-likeness (QED) is 0.639. The van der Waals surface area contributed by atoms with E-state index < -0.39 is 5.97 Å². The molecule has 1 aliphatic heterocycles. The number of rotatable bonds is 4. The van der Waals surface area contributed by atoms with Crippen LogP contribution in [0, 0.1) is 0 Å². The molecule has 0 amide bonds. The zero-order valence-corrected chi connectivity index (χ0v) is 11.2. The van der Waals surface area contributed by atoms with Gasteiger partial charge in [-0.15, -0.1) is 14.3 Å². The van der Waals surface area contributed by atoms with Crippen LogP contribution in [0.25, 0.3) is 0 Å². The molecule has 0 radical (unpaired) electrons. The standard InChI is InChI=1S/C10H17N4O2P/c1-3-11-7-5-6(17)9-12-8(13-14(7)9)10(15)16-4-2/h6-7,11H,3-5,17H2,1-2H3. The Morgan fingerprint density at radius 3 is 3.06 bits per heavy atom. The van der Waals surface area contributed by atoms with Crippen LogP contribution in [0.2, 0.25) is 0 Å². The first-order valence-electron chi connectivity index (χ1n) is 5.79. The molecule has 3 unspecified atom stereocenters. The van der Waals surface area contributed by atoms with Gasteiger partial charge in [-0.2, -0.15) is 0 Å². The Labute approximate surface area is 102 Å². The molecule has 6 nitrogen and oxygen atoms in total. The summed E-state index contributed by atoms with van der Waals surface area (Å²) in [5, 5.41) is 7.53. The van der Waals surface area contributed by atoms with Gasteiger partial charge < -0.3 is 4.74 Å². The van der Waals surface area contributed by atoms with Crippen LogP contribution in [-0.2, 0) is 4.74 Å². The third-order valence-electron chi connectivity index (χ3n) is 2.66. The van der Waals surface area contributed by atoms with E-state index in [0.717, 1.165) is 18.8 Å². The Balaban J connectivity index is 2.23. The van der Waals surface area contributed by atoms with E-state index in [1.54, 1.807) is 11.6 Å². The van der Waals surface area contributed by atoms with Crippen molar-refractivity contribution >= 4 is 15.2 Å². The summed E-state index contributed by atoms with van der Waals surface area (Å²) in [6.45, 7) is 5.00. The van der Waals surface area contributed by atoms with Gasteiger partial charge in [0, 0.05) is 5.66 Å². The highest BCUT2D eigenvalue weighted by Crippen LogP contribution is 2.37. The summed E-state index contributed by atoms with van der Waals surface area (Å²) < 4.78 is 6.68. The molecule has 0 saturated carbocycles. The molecule has 0 aromatic carbocycles. The molecule has 17 heavy (non-hydrogen) atoms. The molecule has 2 heterocycles. The van der Waals surface area contributed by atoms with Crippen LogP contribution >= 0.6 is 9.24 Å². The Morgan fingerprint density at radius 1 is 1.65 bits per heavy atom. The van der Waals surface area contributed by atoms with Gasteiger partial charge in [-0.25, -0.2) is 14.5 Å². The summed E-state index contributed by atoms with van der Waals surface area (Å²) >= 11 is 0. The maximum Gasteiger partial charge on any atom is 0.378 e. The van der Waals surface area contributed by atoms with Gasteiger partial charge in [-0.3, -0.25) is 5.32 Å². The maximum atomic E-state index is 11.5. The molecule has 0 spiro atoms. The molecule has 94 valence electrons. The third kappa shape index (κ3) is 2.33. The van der Waals surface area contributed by atoms with E-state index in [2.05, 4.69) is 24.6 Å². The minimum atomic E-state index is -0.457. The number of aromatic nitrogens is 3. The van der Waals surface area contributed by atoms with Gasteiger partial charge in [0.1, 0.15) is 12.0 Å². The molecular formula is C10H17N4O2P. The lowest BCUT2D eigenvalue weighted by Gasteiger charge is -2.11. The van der Waals surface area contributed by atoms with Crippen molar-refractivity contribution in [3.8, 4) is 0 Å². The van der Waals surface area contributed by atoms with E-state index in [9.17, 15) is 4.79 Å². The fourth-order valence-electron chi connectivity index (χ4n) is 1.95. The van der Waals surface area contributed by atoms with Gasteiger partial charge in [0.2, 0.25) is 0 Å². The smallest absolute Gasteiger partial charge is 0.378 e. The van der Waals surface area contributed by atoms with E-state index in [4.69, 9.17) is 4.74 Å². The Morgan fingerprint density at radius 2 is 2.41 bits per heavy atom. The van der Waals surface area contributed by atoms with Gasteiger partial charge in [0.15, 0.2) is 0 Å². The number of carbonyl (C=O) groups is 1. The highest BCUT2D eigenvalue weighted by atomic mass is 31.0. The Bertz CT molecular complexity index is 420. The number of nitrogens with one attached hydrogen (secondary N) is 1. The second-order valence-electron chi connectivity index (χ2n) is 3.87. The van der Waals surface area contributed by atoms with Gasteiger partial charge >= 0.3 is 5.97 Å². The minimum absolute atomic E-state index is 0.119. The van der Waals surface area contributed by atoms with Crippen LogP contribution in [0.15, 0.2) is 0 Å². The summed E-state index contributed by atoms with van der Waals surface area (Å²) in [7, 11) is 2.73. The van der Waals surface area contributed by atoms with Crippen molar-refractivity contribution in [1.82, 2.24) is 20.1 Å². The van der Waals surface area contributed by atoms with Crippen LogP contribution in [0.4, 0.5) is 0 Å². The van der Waals surface area contributed by atoms with Crippen LogP contribution in [0.1, 0.15) is 48.5 Å². The number of ether oxygens (including phenoxy) is 1. The fraction of sp³-hybridized carbons (Fsp3) is 0.700. The maximum absolute atomic E-state index is 11.5. The number of esters is 1. The van der Waals surface area contributed by atoms with Crippen LogP contribution in [-0.4, -0.2) is 33.9 Å². The Hall–Kier alpha value is -1.00. The monoisotopic (exact) mass is 256 g/mol. The normalized spacial score (nSPS) is 22.5. The lowest BCUT2D eigenvalue weighted by Crippen LogP contribution is -2.24. The third-order valence-corrected chi connectivity index (χ3v) is 3.23. The van der Waals surface area contributed by atoms with Crippen molar-refractivity contribution in [2.24, 2.45) is 0 Å². The van der Waals surface area contributed by atoms with Crippen molar-refractivity contribution in [3.63, 3.8) is 0 Å². The molecule has 0 bridgehead atoms. The molecule has 0 aliphatic carbocycles. The largest absolute Gasteiger partial charge is 0.460 e. The van der Waals surface area contributed by atoms with Crippen molar-refractivity contribution in [1.29, 1.82) is 0 Å². The number of hydrogen-bond donors (Lipinski definition) is 1. The van der Waals surface area contributed by atoms with E-state index in [-0.39, 0.29) is 17.6 Å². The van der Waals surface area contributed by atoms with Crippen LogP contribution < -0.4 is 5.32 Å². The summed E-state index contributed by atoms with van der Waals surface area (Å²) in [5.41, 5.74) is 0.231. The number of nitrogens with zero attached hydrogens (tertiary/aromatic N) is 3. The summed E-state index contributed by atoms with van der Waals surface area (Å²) in [6.07, 6.45) is 1.05. The van der Waals surface area contributed by atoms with Gasteiger partial charge in [-0.05, 0) is 19.9 Å². The lowest BCUT2D eigenvalue weighted by atomic mass is 10.3. The fourth-order valence-corrected chi connectivity index (χ4v) is 2.44. The minimum Gasteiger partial charge on any atom is -0.460 e. The number of carbonyl (C=O) groups excluding carboxylic acids is 1. The van der Waals surface area contributed by atoms with E-state index >= 15 is 0 Å². The SMILES string of the molecule is CCNC1CC(P)c2nc(C(=O)OCC)nn21. The molecule has 2 rings (SSSR count). The highest BCUT2D eigenvalue weighted by molar-refractivity contribution is 7.17. The van der Waals surface area contributed by atoms with Crippen LogP contribution in [0.5, 0.6) is 0 Å². The summed E-state index contributed by atoms with van der Waals surface area (Å²) in [6, 6.07) is 0. The first kappa shape index (κ1) is 12.5. The van der Waals surface area contributed by atoms with Crippen molar-refractivity contribution in [3.05, 3.63) is 11.6 Å². The average molecular weight is 256 g/mol. The van der Waals surface area contributed by atoms with E-state index in [0.29, 0.717) is 6.61 Å². The molecule has 0 saturated heterocycles. The lowest BCUT2D eigenvalue weighted by molar-refractivity contribution is 0.0511. The second kappa shape index (κ2) is 5.10. The molecule has 1 aliphatic rings. The topological polar surface area (TPSA) is 69.0 Å². The molecular weight excluding hydrogens is 239 g/mol. The van der Waals surface area contributed by atoms with Gasteiger partial charge in [-0.1, -0.05) is 6.92 Å². The first-order valence-corrected chi connectivity index (χ1v) is 6.46. The summed E-state index contributed by atoms with van der Waals surface area (Å²) in [5.74, 6) is 0.516. The Kier molecular flexibility index (Phi) is 3.74. The van der Waals surface area contributed by atoms with Crippen molar-refractivity contribution in [2.45, 2.75) is 32.1 Å². The van der Waals surface area contributed by atoms with Gasteiger partial charge in [0.05, 0.1) is 6.61 Å². The highest BCUT2D eigenvalue weighted by Gasteiger charge is 2.32. The summed E-state index contributed by atoms with van der Waals surface area (Å²) in [4.78, 5) is 15.8. The molecule has 3 atom stereocenters.